The lowest BCUT2D eigenvalue weighted by Gasteiger charge is -2.48. The molecule has 2 aromatic carbocycles. The zero-order valence-corrected chi connectivity index (χ0v) is 21.1. The van der Waals surface area contributed by atoms with Gasteiger partial charge < -0.3 is 19.3 Å². The third kappa shape index (κ3) is 5.69. The number of ether oxygens (including phenoxy) is 2. The summed E-state index contributed by atoms with van der Waals surface area (Å²) in [6.45, 7) is 10.3. The van der Waals surface area contributed by atoms with Gasteiger partial charge in [-0.05, 0) is 77.0 Å². The standard InChI is InChI=1S/C27H35N3O5/c1-20-23(34-21-9-6-5-7-10-21)12-11-22(30(32)33)24(20)29-16-8-13-27(19-29)14-17-28(18-15-27)25(31)35-26(2,3)4/h5-7,9-12H,8,13-19H2,1-4H3. The number of hydrogen-bond acceptors (Lipinski definition) is 6. The van der Waals surface area contributed by atoms with Crippen LogP contribution in [0, 0.1) is 22.5 Å². The molecule has 1 spiro atoms. The van der Waals surface area contributed by atoms with E-state index in [1.807, 2.05) is 58.0 Å². The first-order valence-corrected chi connectivity index (χ1v) is 12.3. The molecule has 8 heteroatoms. The summed E-state index contributed by atoms with van der Waals surface area (Å²) in [5.74, 6) is 1.32. The van der Waals surface area contributed by atoms with Crippen LogP contribution in [0.2, 0.25) is 0 Å². The van der Waals surface area contributed by atoms with E-state index in [-0.39, 0.29) is 22.1 Å². The topological polar surface area (TPSA) is 85.2 Å². The summed E-state index contributed by atoms with van der Waals surface area (Å²) in [7, 11) is 0. The number of piperidine rings is 2. The van der Waals surface area contributed by atoms with Crippen LogP contribution in [0.15, 0.2) is 42.5 Å². The Bertz CT molecular complexity index is 1070. The monoisotopic (exact) mass is 481 g/mol. The van der Waals surface area contributed by atoms with E-state index in [2.05, 4.69) is 4.90 Å². The molecule has 2 heterocycles. The molecule has 188 valence electrons. The van der Waals surface area contributed by atoms with Gasteiger partial charge in [0.2, 0.25) is 0 Å². The molecule has 2 fully saturated rings. The van der Waals surface area contributed by atoms with Crippen molar-refractivity contribution in [2.45, 2.75) is 59.0 Å². The van der Waals surface area contributed by atoms with Crippen molar-refractivity contribution in [2.24, 2.45) is 5.41 Å². The maximum absolute atomic E-state index is 12.5. The second-order valence-corrected chi connectivity index (χ2v) is 10.7. The SMILES string of the molecule is Cc1c(Oc2ccccc2)ccc([N+](=O)[O-])c1N1CCCC2(CCN(C(=O)OC(C)(C)C)CC2)C1. The quantitative estimate of drug-likeness (QED) is 0.376. The average molecular weight is 482 g/mol. The van der Waals surface area contributed by atoms with E-state index in [9.17, 15) is 14.9 Å². The molecule has 1 amide bonds. The maximum Gasteiger partial charge on any atom is 0.410 e. The molecule has 0 unspecified atom stereocenters. The zero-order chi connectivity index (χ0) is 25.2. The molecular weight excluding hydrogens is 446 g/mol. The van der Waals surface area contributed by atoms with Gasteiger partial charge in [-0.15, -0.1) is 0 Å². The molecule has 8 nitrogen and oxygen atoms in total. The molecule has 0 aromatic heterocycles. The van der Waals surface area contributed by atoms with Crippen LogP contribution in [0.5, 0.6) is 11.5 Å². The molecule has 2 saturated heterocycles. The Morgan fingerprint density at radius 3 is 2.34 bits per heavy atom. The van der Waals surface area contributed by atoms with E-state index in [0.29, 0.717) is 30.3 Å². The Morgan fingerprint density at radius 1 is 1.03 bits per heavy atom. The number of carbonyl (C=O) groups is 1. The Labute approximate surface area is 207 Å². The van der Waals surface area contributed by atoms with E-state index in [4.69, 9.17) is 9.47 Å². The lowest BCUT2D eigenvalue weighted by Crippen LogP contribution is -2.51. The molecule has 35 heavy (non-hydrogen) atoms. The van der Waals surface area contributed by atoms with Crippen molar-refractivity contribution >= 4 is 17.5 Å². The molecule has 0 radical (unpaired) electrons. The van der Waals surface area contributed by atoms with Crippen molar-refractivity contribution in [1.82, 2.24) is 4.90 Å². The van der Waals surface area contributed by atoms with Crippen molar-refractivity contribution in [1.29, 1.82) is 0 Å². The first-order chi connectivity index (χ1) is 16.6. The second-order valence-electron chi connectivity index (χ2n) is 10.7. The predicted molar refractivity (Wildman–Crippen MR) is 135 cm³/mol. The summed E-state index contributed by atoms with van der Waals surface area (Å²) in [6.07, 6.45) is 3.45. The summed E-state index contributed by atoms with van der Waals surface area (Å²) in [5.41, 5.74) is 1.01. The van der Waals surface area contributed by atoms with E-state index >= 15 is 0 Å². The highest BCUT2D eigenvalue weighted by Crippen LogP contribution is 2.45. The highest BCUT2D eigenvalue weighted by atomic mass is 16.6. The Morgan fingerprint density at radius 2 is 1.71 bits per heavy atom. The van der Waals surface area contributed by atoms with E-state index in [0.717, 1.165) is 44.3 Å². The predicted octanol–water partition coefficient (Wildman–Crippen LogP) is 6.31. The first-order valence-electron chi connectivity index (χ1n) is 12.3. The number of hydrogen-bond donors (Lipinski definition) is 0. The molecule has 0 aliphatic carbocycles. The Kier molecular flexibility index (Phi) is 6.92. The van der Waals surface area contributed by atoms with Gasteiger partial charge in [0.1, 0.15) is 22.8 Å². The lowest BCUT2D eigenvalue weighted by molar-refractivity contribution is -0.384. The molecule has 2 aliphatic heterocycles. The van der Waals surface area contributed by atoms with Crippen LogP contribution in [0.3, 0.4) is 0 Å². The summed E-state index contributed by atoms with van der Waals surface area (Å²) < 4.78 is 11.6. The van der Waals surface area contributed by atoms with Crippen molar-refractivity contribution in [3.05, 3.63) is 58.1 Å². The zero-order valence-electron chi connectivity index (χ0n) is 21.1. The fourth-order valence-electron chi connectivity index (χ4n) is 5.24. The molecule has 0 N–H and O–H groups in total. The van der Waals surface area contributed by atoms with Crippen LogP contribution in [0.25, 0.3) is 0 Å². The normalized spacial score (nSPS) is 17.8. The van der Waals surface area contributed by atoms with Gasteiger partial charge >= 0.3 is 6.09 Å². The van der Waals surface area contributed by atoms with Crippen LogP contribution >= 0.6 is 0 Å². The number of amides is 1. The molecule has 0 bridgehead atoms. The number of anilines is 1. The first kappa shape index (κ1) is 24.8. The summed E-state index contributed by atoms with van der Waals surface area (Å²) in [6, 6.07) is 12.7. The van der Waals surface area contributed by atoms with Gasteiger partial charge in [-0.1, -0.05) is 18.2 Å². The number of nitro groups is 1. The fourth-order valence-corrected chi connectivity index (χ4v) is 5.24. The number of nitro benzene ring substituents is 1. The third-order valence-electron chi connectivity index (χ3n) is 6.98. The average Bonchev–Trinajstić information content (AvgIpc) is 2.80. The highest BCUT2D eigenvalue weighted by molar-refractivity contribution is 5.72. The Balaban J connectivity index is 1.54. The molecule has 0 saturated carbocycles. The third-order valence-corrected chi connectivity index (χ3v) is 6.98. The number of benzene rings is 2. The van der Waals surface area contributed by atoms with Crippen LogP contribution in [0.1, 0.15) is 52.0 Å². The van der Waals surface area contributed by atoms with E-state index < -0.39 is 5.60 Å². The minimum Gasteiger partial charge on any atom is -0.457 e. The van der Waals surface area contributed by atoms with Gasteiger partial charge in [0.05, 0.1) is 4.92 Å². The Hall–Kier alpha value is -3.29. The second kappa shape index (κ2) is 9.76. The van der Waals surface area contributed by atoms with Crippen LogP contribution < -0.4 is 9.64 Å². The van der Waals surface area contributed by atoms with Gasteiger partial charge in [-0.25, -0.2) is 4.79 Å². The molecule has 4 rings (SSSR count). The maximum atomic E-state index is 12.5. The minimum absolute atomic E-state index is 0.0212. The van der Waals surface area contributed by atoms with Gasteiger partial charge in [-0.2, -0.15) is 0 Å². The van der Waals surface area contributed by atoms with Gasteiger partial charge in [-0.3, -0.25) is 10.1 Å². The number of likely N-dealkylation sites (tertiary alicyclic amines) is 1. The molecular formula is C27H35N3O5. The molecule has 2 aromatic rings. The largest absolute Gasteiger partial charge is 0.457 e. The number of nitrogens with zero attached hydrogens (tertiary/aromatic N) is 3. The van der Waals surface area contributed by atoms with Crippen LogP contribution in [0.4, 0.5) is 16.2 Å². The van der Waals surface area contributed by atoms with Crippen molar-refractivity contribution < 1.29 is 19.2 Å². The number of carbonyl (C=O) groups excluding carboxylic acids is 1. The lowest BCUT2D eigenvalue weighted by atomic mass is 9.72. The van der Waals surface area contributed by atoms with E-state index in [1.54, 1.807) is 17.0 Å². The van der Waals surface area contributed by atoms with Crippen LogP contribution in [-0.2, 0) is 4.74 Å². The highest BCUT2D eigenvalue weighted by Gasteiger charge is 2.41. The van der Waals surface area contributed by atoms with Gasteiger partial charge in [0.15, 0.2) is 0 Å². The minimum atomic E-state index is -0.517. The summed E-state index contributed by atoms with van der Waals surface area (Å²) in [5, 5.41) is 12.0. The number of para-hydroxylation sites is 1. The van der Waals surface area contributed by atoms with E-state index in [1.165, 1.54) is 0 Å². The smallest absolute Gasteiger partial charge is 0.410 e. The fraction of sp³-hybridized carbons (Fsp3) is 0.519. The van der Waals surface area contributed by atoms with Gasteiger partial charge in [0.25, 0.3) is 5.69 Å². The van der Waals surface area contributed by atoms with Crippen molar-refractivity contribution in [3.63, 3.8) is 0 Å². The number of rotatable bonds is 4. The van der Waals surface area contributed by atoms with Crippen molar-refractivity contribution in [2.75, 3.05) is 31.1 Å². The van der Waals surface area contributed by atoms with Crippen molar-refractivity contribution in [3.8, 4) is 11.5 Å². The molecule has 0 atom stereocenters. The van der Waals surface area contributed by atoms with Crippen LogP contribution in [-0.4, -0.2) is 47.7 Å². The molecule has 2 aliphatic rings. The summed E-state index contributed by atoms with van der Waals surface area (Å²) >= 11 is 0. The van der Waals surface area contributed by atoms with Gasteiger partial charge in [0, 0.05) is 37.8 Å². The summed E-state index contributed by atoms with van der Waals surface area (Å²) in [4.78, 5) is 28.1.